The Kier molecular flexibility index (Phi) is 6.41. The monoisotopic (exact) mass is 404 g/mol. The molecule has 2 aromatic rings. The van der Waals surface area contributed by atoms with Gasteiger partial charge in [-0.2, -0.15) is 0 Å². The summed E-state index contributed by atoms with van der Waals surface area (Å²) in [6.07, 6.45) is 2.79. The van der Waals surface area contributed by atoms with Crippen LogP contribution in [0.3, 0.4) is 0 Å². The first-order valence-corrected chi connectivity index (χ1v) is 9.96. The molecule has 148 valence electrons. The summed E-state index contributed by atoms with van der Waals surface area (Å²) in [6.45, 7) is 1.81. The highest BCUT2D eigenvalue weighted by atomic mass is 32.1. The van der Waals surface area contributed by atoms with E-state index in [1.165, 1.54) is 23.5 Å². The molecule has 0 atom stereocenters. The van der Waals surface area contributed by atoms with E-state index in [0.29, 0.717) is 16.1 Å². The average molecular weight is 404 g/mol. The molecule has 8 heteroatoms. The van der Waals surface area contributed by atoms with Crippen LogP contribution in [0.25, 0.3) is 0 Å². The number of alkyl carbamates (subject to hydrolysis) is 1. The lowest BCUT2D eigenvalue weighted by atomic mass is 9.95. The van der Waals surface area contributed by atoms with Crippen molar-refractivity contribution in [3.05, 3.63) is 51.7 Å². The van der Waals surface area contributed by atoms with E-state index >= 15 is 0 Å². The Balaban J connectivity index is 1.80. The predicted octanol–water partition coefficient (Wildman–Crippen LogP) is 3.83. The highest BCUT2D eigenvalue weighted by Gasteiger charge is 2.27. The highest BCUT2D eigenvalue weighted by molar-refractivity contribution is 7.17. The van der Waals surface area contributed by atoms with Gasteiger partial charge in [-0.1, -0.05) is 12.1 Å². The largest absolute Gasteiger partial charge is 0.450 e. The highest BCUT2D eigenvalue weighted by Crippen LogP contribution is 2.38. The summed E-state index contributed by atoms with van der Waals surface area (Å²) in [5.74, 6) is -1.25. The second kappa shape index (κ2) is 8.97. The molecule has 0 unspecified atom stereocenters. The summed E-state index contributed by atoms with van der Waals surface area (Å²) in [4.78, 5) is 37.8. The molecule has 3 rings (SSSR count). The van der Waals surface area contributed by atoms with Crippen molar-refractivity contribution in [2.45, 2.75) is 39.0 Å². The first-order valence-electron chi connectivity index (χ1n) is 9.15. The smallest absolute Gasteiger partial charge is 0.414 e. The van der Waals surface area contributed by atoms with Gasteiger partial charge in [-0.05, 0) is 55.9 Å². The van der Waals surface area contributed by atoms with E-state index in [1.807, 2.05) is 0 Å². The molecule has 1 aliphatic rings. The van der Waals surface area contributed by atoms with Gasteiger partial charge in [-0.25, -0.2) is 9.18 Å². The molecule has 6 nitrogen and oxygen atoms in total. The van der Waals surface area contributed by atoms with Crippen molar-refractivity contribution in [1.82, 2.24) is 5.32 Å². The molecule has 2 N–H and O–H groups in total. The zero-order chi connectivity index (χ0) is 20.1. The summed E-state index contributed by atoms with van der Waals surface area (Å²) in [6, 6.07) is 5.68. The van der Waals surface area contributed by atoms with Crippen molar-refractivity contribution >= 4 is 34.2 Å². The molecule has 0 spiro atoms. The predicted molar refractivity (Wildman–Crippen MR) is 104 cm³/mol. The molecule has 0 aliphatic heterocycles. The number of nitrogens with one attached hydrogen (secondary N) is 2. The third kappa shape index (κ3) is 4.75. The van der Waals surface area contributed by atoms with Crippen LogP contribution in [0.5, 0.6) is 0 Å². The van der Waals surface area contributed by atoms with E-state index in [-0.39, 0.29) is 24.8 Å². The van der Waals surface area contributed by atoms with Gasteiger partial charge in [0.25, 0.3) is 5.91 Å². The molecule has 0 bridgehead atoms. The lowest BCUT2D eigenvalue weighted by Gasteiger charge is -2.13. The van der Waals surface area contributed by atoms with Crippen molar-refractivity contribution in [3.8, 4) is 0 Å². The maximum absolute atomic E-state index is 13.0. The first kappa shape index (κ1) is 20.0. The van der Waals surface area contributed by atoms with Crippen LogP contribution in [0.4, 0.5) is 14.2 Å². The van der Waals surface area contributed by atoms with Gasteiger partial charge in [0, 0.05) is 4.88 Å². The van der Waals surface area contributed by atoms with Crippen molar-refractivity contribution in [1.29, 1.82) is 0 Å². The van der Waals surface area contributed by atoms with Crippen LogP contribution in [0, 0.1) is 5.82 Å². The first-order chi connectivity index (χ1) is 13.5. The number of rotatable bonds is 5. The number of carbonyl (C=O) groups is 3. The van der Waals surface area contributed by atoms with Gasteiger partial charge < -0.3 is 10.1 Å². The normalized spacial score (nSPS) is 12.8. The quantitative estimate of drug-likeness (QED) is 0.793. The van der Waals surface area contributed by atoms with Crippen molar-refractivity contribution in [2.75, 3.05) is 11.9 Å². The molecule has 1 aliphatic carbocycles. The number of thiophene rings is 1. The number of hydrogen-bond acceptors (Lipinski definition) is 5. The number of fused-ring (bicyclic) bond motifs is 1. The number of imide groups is 1. The van der Waals surface area contributed by atoms with E-state index in [0.717, 1.165) is 36.1 Å². The van der Waals surface area contributed by atoms with Gasteiger partial charge in [0.15, 0.2) is 0 Å². The molecule has 1 heterocycles. The summed E-state index contributed by atoms with van der Waals surface area (Å²) in [5.41, 5.74) is 1.88. The Morgan fingerprint density at radius 1 is 1.14 bits per heavy atom. The zero-order valence-electron chi connectivity index (χ0n) is 15.5. The van der Waals surface area contributed by atoms with Crippen LogP contribution < -0.4 is 10.6 Å². The summed E-state index contributed by atoms with van der Waals surface area (Å²) in [5, 5.41) is 5.44. The number of aryl methyl sites for hydroxylation is 1. The van der Waals surface area contributed by atoms with Crippen LogP contribution in [0.1, 0.15) is 46.1 Å². The van der Waals surface area contributed by atoms with E-state index < -0.39 is 12.0 Å². The van der Waals surface area contributed by atoms with Crippen LogP contribution in [0.2, 0.25) is 0 Å². The van der Waals surface area contributed by atoms with E-state index in [2.05, 4.69) is 10.6 Å². The SMILES string of the molecule is CCOC(=O)NC(=O)c1c(NC(=O)Cc2ccc(F)cc2)sc2c1CCCC2. The van der Waals surface area contributed by atoms with E-state index in [9.17, 15) is 18.8 Å². The lowest BCUT2D eigenvalue weighted by Crippen LogP contribution is -2.32. The number of ether oxygens (including phenoxy) is 1. The number of hydrogen-bond donors (Lipinski definition) is 2. The number of anilines is 1. The van der Waals surface area contributed by atoms with Crippen LogP contribution in [0.15, 0.2) is 24.3 Å². The summed E-state index contributed by atoms with van der Waals surface area (Å²) >= 11 is 1.37. The number of carbonyl (C=O) groups excluding carboxylic acids is 3. The molecule has 0 fully saturated rings. The fourth-order valence-corrected chi connectivity index (χ4v) is 4.48. The lowest BCUT2D eigenvalue weighted by molar-refractivity contribution is -0.115. The fourth-order valence-electron chi connectivity index (χ4n) is 3.17. The van der Waals surface area contributed by atoms with E-state index in [1.54, 1.807) is 19.1 Å². The van der Waals surface area contributed by atoms with Gasteiger partial charge in [0.1, 0.15) is 10.8 Å². The minimum absolute atomic E-state index is 0.0573. The van der Waals surface area contributed by atoms with Gasteiger partial charge in [0.2, 0.25) is 5.91 Å². The fraction of sp³-hybridized carbons (Fsp3) is 0.350. The van der Waals surface area contributed by atoms with Crippen molar-refractivity contribution in [2.24, 2.45) is 0 Å². The molecule has 28 heavy (non-hydrogen) atoms. The summed E-state index contributed by atoms with van der Waals surface area (Å²) < 4.78 is 17.8. The molecular formula is C20H21FN2O4S. The molecule has 0 saturated heterocycles. The van der Waals surface area contributed by atoms with Crippen LogP contribution >= 0.6 is 11.3 Å². The number of halogens is 1. The maximum Gasteiger partial charge on any atom is 0.414 e. The average Bonchev–Trinajstić information content (AvgIpc) is 3.01. The van der Waals surface area contributed by atoms with Crippen LogP contribution in [-0.4, -0.2) is 24.5 Å². The third-order valence-corrected chi connectivity index (χ3v) is 5.63. The summed E-state index contributed by atoms with van der Waals surface area (Å²) in [7, 11) is 0. The molecule has 1 aromatic heterocycles. The Morgan fingerprint density at radius 3 is 2.57 bits per heavy atom. The molecule has 3 amide bonds. The standard InChI is InChI=1S/C20H21FN2O4S/c1-2-27-20(26)23-18(25)17-14-5-3-4-6-15(14)28-19(17)22-16(24)11-12-7-9-13(21)10-8-12/h7-10H,2-6,11H2,1H3,(H,22,24)(H,23,25,26). The number of benzene rings is 1. The van der Waals surface area contributed by atoms with Crippen molar-refractivity contribution < 1.29 is 23.5 Å². The maximum atomic E-state index is 13.0. The Labute approximate surface area is 166 Å². The van der Waals surface area contributed by atoms with Crippen molar-refractivity contribution in [3.63, 3.8) is 0 Å². The Bertz CT molecular complexity index is 892. The molecule has 1 aromatic carbocycles. The molecule has 0 radical (unpaired) electrons. The second-order valence-corrected chi connectivity index (χ2v) is 7.55. The number of amides is 3. The second-order valence-electron chi connectivity index (χ2n) is 6.44. The van der Waals surface area contributed by atoms with Gasteiger partial charge in [-0.3, -0.25) is 14.9 Å². The zero-order valence-corrected chi connectivity index (χ0v) is 16.3. The minimum atomic E-state index is -0.813. The van der Waals surface area contributed by atoms with Gasteiger partial charge in [0.05, 0.1) is 18.6 Å². The van der Waals surface area contributed by atoms with Gasteiger partial charge >= 0.3 is 6.09 Å². The minimum Gasteiger partial charge on any atom is -0.450 e. The molecular weight excluding hydrogens is 383 g/mol. The topological polar surface area (TPSA) is 84.5 Å². The van der Waals surface area contributed by atoms with Gasteiger partial charge in [-0.15, -0.1) is 11.3 Å². The van der Waals surface area contributed by atoms with E-state index in [4.69, 9.17) is 4.74 Å². The molecule has 0 saturated carbocycles. The Morgan fingerprint density at radius 2 is 1.86 bits per heavy atom. The third-order valence-electron chi connectivity index (χ3n) is 4.42. The Hall–Kier alpha value is -2.74. The van der Waals surface area contributed by atoms with Crippen LogP contribution in [-0.2, 0) is 28.8 Å².